The minimum Gasteiger partial charge on any atom is -0.354 e. The molecule has 0 spiro atoms. The van der Waals surface area contributed by atoms with Gasteiger partial charge in [-0.2, -0.15) is 0 Å². The van der Waals surface area contributed by atoms with E-state index < -0.39 is 0 Å². The summed E-state index contributed by atoms with van der Waals surface area (Å²) >= 11 is 0. The molecule has 1 aromatic carbocycles. The predicted molar refractivity (Wildman–Crippen MR) is 137 cm³/mol. The Bertz CT molecular complexity index is 1120. The number of hydrogen-bond acceptors (Lipinski definition) is 3. The Morgan fingerprint density at radius 3 is 2.45 bits per heavy atom. The van der Waals surface area contributed by atoms with Crippen molar-refractivity contribution in [2.75, 3.05) is 13.1 Å². The second-order valence-corrected chi connectivity index (χ2v) is 10.2. The number of likely N-dealkylation sites (tertiary alicyclic amines) is 1. The number of amides is 1. The van der Waals surface area contributed by atoms with E-state index in [1.54, 1.807) is 0 Å². The number of carbonyl (C=O) groups excluding carboxylic acids is 1. The van der Waals surface area contributed by atoms with Crippen molar-refractivity contribution >= 4 is 16.8 Å². The summed E-state index contributed by atoms with van der Waals surface area (Å²) in [5.41, 5.74) is 6.79. The molecule has 1 unspecified atom stereocenters. The van der Waals surface area contributed by atoms with Gasteiger partial charge in [0.1, 0.15) is 0 Å². The van der Waals surface area contributed by atoms with Crippen molar-refractivity contribution < 1.29 is 4.79 Å². The summed E-state index contributed by atoms with van der Waals surface area (Å²) in [6.07, 6.45) is 3.92. The number of aromatic nitrogens is 2. The topological polar surface area (TPSA) is 61.0 Å². The van der Waals surface area contributed by atoms with E-state index in [1.807, 2.05) is 20.0 Å². The molecule has 5 nitrogen and oxygen atoms in total. The SMILES string of the molecule is Cc1cc(-c2[nH]c3ccc(C(C)C(=O)NC4CCN(C(C)C)CC4)cc3c2C(C)C)ccn1. The molecule has 1 saturated heterocycles. The van der Waals surface area contributed by atoms with Gasteiger partial charge in [0.05, 0.1) is 11.6 Å². The molecule has 1 fully saturated rings. The fourth-order valence-corrected chi connectivity index (χ4v) is 5.07. The average Bonchev–Trinajstić information content (AvgIpc) is 3.18. The number of nitrogens with zero attached hydrogens (tertiary/aromatic N) is 2. The number of H-pyrrole nitrogens is 1. The van der Waals surface area contributed by atoms with E-state index in [4.69, 9.17) is 0 Å². The number of pyridine rings is 1. The van der Waals surface area contributed by atoms with Gasteiger partial charge in [-0.05, 0) is 81.8 Å². The van der Waals surface area contributed by atoms with Gasteiger partial charge in [0.15, 0.2) is 0 Å². The summed E-state index contributed by atoms with van der Waals surface area (Å²) in [4.78, 5) is 23.6. The molecule has 176 valence electrons. The highest BCUT2D eigenvalue weighted by atomic mass is 16.1. The Hall–Kier alpha value is -2.66. The fourth-order valence-electron chi connectivity index (χ4n) is 5.07. The minimum absolute atomic E-state index is 0.129. The Labute approximate surface area is 198 Å². The first kappa shape index (κ1) is 23.5. The van der Waals surface area contributed by atoms with Crippen molar-refractivity contribution in [3.05, 3.63) is 53.3 Å². The van der Waals surface area contributed by atoms with Crippen LogP contribution in [0.1, 0.15) is 76.1 Å². The first-order valence-corrected chi connectivity index (χ1v) is 12.4. The Morgan fingerprint density at radius 1 is 1.09 bits per heavy atom. The van der Waals surface area contributed by atoms with E-state index in [2.05, 4.69) is 78.2 Å². The van der Waals surface area contributed by atoms with E-state index in [9.17, 15) is 4.79 Å². The van der Waals surface area contributed by atoms with Crippen LogP contribution in [0.2, 0.25) is 0 Å². The number of aryl methyl sites for hydroxylation is 1. The van der Waals surface area contributed by atoms with Crippen molar-refractivity contribution in [3.63, 3.8) is 0 Å². The van der Waals surface area contributed by atoms with Crippen LogP contribution in [0.5, 0.6) is 0 Å². The molecule has 1 aliphatic heterocycles. The molecule has 1 atom stereocenters. The molecule has 3 heterocycles. The number of hydrogen-bond donors (Lipinski definition) is 2. The summed E-state index contributed by atoms with van der Waals surface area (Å²) < 4.78 is 0. The van der Waals surface area contributed by atoms with E-state index in [0.717, 1.165) is 54.0 Å². The number of fused-ring (bicyclic) bond motifs is 1. The first-order valence-electron chi connectivity index (χ1n) is 12.4. The maximum absolute atomic E-state index is 13.1. The smallest absolute Gasteiger partial charge is 0.227 e. The number of piperidine rings is 1. The van der Waals surface area contributed by atoms with Gasteiger partial charge in [-0.15, -0.1) is 0 Å². The quantitative estimate of drug-likeness (QED) is 0.506. The second-order valence-electron chi connectivity index (χ2n) is 10.2. The third-order valence-electron chi connectivity index (χ3n) is 7.12. The van der Waals surface area contributed by atoms with Crippen LogP contribution in [0.3, 0.4) is 0 Å². The maximum Gasteiger partial charge on any atom is 0.227 e. The highest BCUT2D eigenvalue weighted by Crippen LogP contribution is 2.37. The van der Waals surface area contributed by atoms with Gasteiger partial charge in [0.25, 0.3) is 0 Å². The molecule has 3 aromatic rings. The zero-order chi connectivity index (χ0) is 23.7. The predicted octanol–water partition coefficient (Wildman–Crippen LogP) is 5.75. The van der Waals surface area contributed by atoms with Crippen molar-refractivity contribution in [1.82, 2.24) is 20.2 Å². The molecule has 0 radical (unpaired) electrons. The third kappa shape index (κ3) is 4.98. The monoisotopic (exact) mass is 446 g/mol. The minimum atomic E-state index is -0.181. The maximum atomic E-state index is 13.1. The lowest BCUT2D eigenvalue weighted by Gasteiger charge is -2.35. The summed E-state index contributed by atoms with van der Waals surface area (Å²) in [6.45, 7) is 15.1. The van der Waals surface area contributed by atoms with Crippen molar-refractivity contribution in [2.24, 2.45) is 0 Å². The van der Waals surface area contributed by atoms with Crippen LogP contribution in [0.4, 0.5) is 0 Å². The van der Waals surface area contributed by atoms with Crippen LogP contribution < -0.4 is 5.32 Å². The van der Waals surface area contributed by atoms with Crippen LogP contribution in [0, 0.1) is 6.92 Å². The van der Waals surface area contributed by atoms with E-state index >= 15 is 0 Å². The van der Waals surface area contributed by atoms with Gasteiger partial charge in [0.2, 0.25) is 5.91 Å². The van der Waals surface area contributed by atoms with Gasteiger partial charge in [-0.3, -0.25) is 9.78 Å². The van der Waals surface area contributed by atoms with Crippen LogP contribution in [-0.4, -0.2) is 45.9 Å². The summed E-state index contributed by atoms with van der Waals surface area (Å²) in [5, 5.41) is 4.52. The lowest BCUT2D eigenvalue weighted by Crippen LogP contribution is -2.47. The van der Waals surface area contributed by atoms with Crippen molar-refractivity contribution in [3.8, 4) is 11.3 Å². The largest absolute Gasteiger partial charge is 0.354 e. The molecular weight excluding hydrogens is 408 g/mol. The number of carbonyl (C=O) groups is 1. The molecule has 1 aliphatic rings. The van der Waals surface area contributed by atoms with Gasteiger partial charge >= 0.3 is 0 Å². The first-order chi connectivity index (χ1) is 15.7. The summed E-state index contributed by atoms with van der Waals surface area (Å²) in [7, 11) is 0. The van der Waals surface area contributed by atoms with Crippen LogP contribution in [0.15, 0.2) is 36.5 Å². The standard InChI is InChI=1S/C28H38N4O/c1-17(2)26-24-16-21(7-8-25(24)31-27(26)22-9-12-29-19(5)15-22)20(6)28(33)30-23-10-13-32(14-11-23)18(3)4/h7-9,12,15-18,20,23,31H,10-11,13-14H2,1-6H3,(H,30,33). The molecule has 0 saturated carbocycles. The zero-order valence-corrected chi connectivity index (χ0v) is 20.9. The lowest BCUT2D eigenvalue weighted by molar-refractivity contribution is -0.123. The van der Waals surface area contributed by atoms with Crippen LogP contribution in [-0.2, 0) is 4.79 Å². The molecule has 33 heavy (non-hydrogen) atoms. The Balaban J connectivity index is 1.57. The molecular formula is C28H38N4O. The molecule has 2 aromatic heterocycles. The Morgan fingerprint density at radius 2 is 1.82 bits per heavy atom. The van der Waals surface area contributed by atoms with E-state index in [1.165, 1.54) is 10.9 Å². The normalized spacial score (nSPS) is 16.6. The van der Waals surface area contributed by atoms with Gasteiger partial charge in [-0.1, -0.05) is 19.9 Å². The van der Waals surface area contributed by atoms with Gasteiger partial charge in [-0.25, -0.2) is 0 Å². The molecule has 1 amide bonds. The number of benzene rings is 1. The van der Waals surface area contributed by atoms with Crippen molar-refractivity contribution in [2.45, 2.75) is 78.3 Å². The Kier molecular flexibility index (Phi) is 6.89. The number of aromatic amines is 1. The average molecular weight is 447 g/mol. The van der Waals surface area contributed by atoms with Gasteiger partial charge < -0.3 is 15.2 Å². The van der Waals surface area contributed by atoms with Crippen molar-refractivity contribution in [1.29, 1.82) is 0 Å². The fraction of sp³-hybridized carbons (Fsp3) is 0.500. The molecule has 5 heteroatoms. The summed E-state index contributed by atoms with van der Waals surface area (Å²) in [6, 6.07) is 11.5. The molecule has 0 aliphatic carbocycles. The van der Waals surface area contributed by atoms with Gasteiger partial charge in [0, 0.05) is 53.5 Å². The zero-order valence-electron chi connectivity index (χ0n) is 20.9. The molecule has 4 rings (SSSR count). The van der Waals surface area contributed by atoms with E-state index in [0.29, 0.717) is 12.0 Å². The lowest BCUT2D eigenvalue weighted by atomic mass is 9.92. The highest BCUT2D eigenvalue weighted by molar-refractivity contribution is 5.93. The van der Waals surface area contributed by atoms with Crippen LogP contribution >= 0.6 is 0 Å². The number of rotatable bonds is 6. The second kappa shape index (κ2) is 9.68. The highest BCUT2D eigenvalue weighted by Gasteiger charge is 2.25. The molecule has 0 bridgehead atoms. The third-order valence-corrected chi connectivity index (χ3v) is 7.12. The summed E-state index contributed by atoms with van der Waals surface area (Å²) in [5.74, 6) is 0.302. The number of nitrogens with one attached hydrogen (secondary N) is 2. The molecule has 2 N–H and O–H groups in total. The van der Waals surface area contributed by atoms with Crippen LogP contribution in [0.25, 0.3) is 22.2 Å². The van der Waals surface area contributed by atoms with E-state index in [-0.39, 0.29) is 17.9 Å².